The lowest BCUT2D eigenvalue weighted by molar-refractivity contribution is 0.0600. The van der Waals surface area contributed by atoms with Gasteiger partial charge < -0.3 is 4.74 Å². The van der Waals surface area contributed by atoms with E-state index < -0.39 is 15.8 Å². The van der Waals surface area contributed by atoms with Crippen LogP contribution in [-0.4, -0.2) is 37.3 Å². The van der Waals surface area contributed by atoms with Crippen molar-refractivity contribution in [2.24, 2.45) is 0 Å². The molecule has 0 aliphatic carbocycles. The zero-order valence-corrected chi connectivity index (χ0v) is 14.4. The van der Waals surface area contributed by atoms with Gasteiger partial charge in [-0.05, 0) is 24.3 Å². The topological polar surface area (TPSA) is 78.3 Å². The Morgan fingerprint density at radius 2 is 2.00 bits per heavy atom. The molecular formula is C18H14N2O4S. The molecular weight excluding hydrogens is 340 g/mol. The molecule has 0 unspecified atom stereocenters. The molecule has 0 aliphatic rings. The summed E-state index contributed by atoms with van der Waals surface area (Å²) in [7, 11) is -2.43. The Bertz CT molecular complexity index is 1140. The third kappa shape index (κ3) is 2.88. The highest BCUT2D eigenvalue weighted by Gasteiger charge is 2.22. The lowest BCUT2D eigenvalue weighted by atomic mass is 10.1. The summed E-state index contributed by atoms with van der Waals surface area (Å²) < 4.78 is 31.0. The van der Waals surface area contributed by atoms with E-state index in [2.05, 4.69) is 10.9 Å². The summed E-state index contributed by atoms with van der Waals surface area (Å²) in [5, 5.41) is 0. The molecule has 1 aromatic heterocycles. The SMILES string of the molecule is C#Cc1cc(-n2cnc3ccccc32)c(S(C)(=O)=O)cc1C(=O)OC. The number of methoxy groups -OCH3 is 1. The minimum absolute atomic E-state index is 0.0265. The molecule has 3 rings (SSSR count). The van der Waals surface area contributed by atoms with Gasteiger partial charge in [0.1, 0.15) is 6.33 Å². The van der Waals surface area contributed by atoms with Gasteiger partial charge in [-0.2, -0.15) is 0 Å². The van der Waals surface area contributed by atoms with Gasteiger partial charge in [-0.25, -0.2) is 18.2 Å². The van der Waals surface area contributed by atoms with Crippen LogP contribution in [0.2, 0.25) is 0 Å². The number of benzene rings is 2. The molecule has 0 N–H and O–H groups in total. The number of hydrogen-bond donors (Lipinski definition) is 0. The predicted octanol–water partition coefficient (Wildman–Crippen LogP) is 2.20. The standard InChI is InChI=1S/C18H14N2O4S/c1-4-12-9-16(20-11-19-14-7-5-6-8-15(14)20)17(25(3,22)23)10-13(12)18(21)24-2/h1,5-11H,2-3H3. The molecule has 7 heteroatoms. The van der Waals surface area contributed by atoms with Crippen LogP contribution in [0, 0.1) is 12.3 Å². The number of carbonyl (C=O) groups excluding carboxylic acids is 1. The minimum atomic E-state index is -3.64. The van der Waals surface area contributed by atoms with Gasteiger partial charge in [-0.1, -0.05) is 18.1 Å². The largest absolute Gasteiger partial charge is 0.465 e. The van der Waals surface area contributed by atoms with Crippen molar-refractivity contribution in [1.29, 1.82) is 0 Å². The molecule has 126 valence electrons. The minimum Gasteiger partial charge on any atom is -0.465 e. The van der Waals surface area contributed by atoms with Crippen LogP contribution >= 0.6 is 0 Å². The fourth-order valence-corrected chi connectivity index (χ4v) is 3.47. The molecule has 0 aliphatic heterocycles. The van der Waals surface area contributed by atoms with Crippen LogP contribution in [-0.2, 0) is 14.6 Å². The van der Waals surface area contributed by atoms with E-state index in [1.54, 1.807) is 4.57 Å². The summed E-state index contributed by atoms with van der Waals surface area (Å²) in [6.45, 7) is 0. The number of imidazole rings is 1. The first-order valence-corrected chi connectivity index (χ1v) is 9.11. The third-order valence-corrected chi connectivity index (χ3v) is 4.90. The molecule has 0 spiro atoms. The van der Waals surface area contributed by atoms with Gasteiger partial charge >= 0.3 is 5.97 Å². The van der Waals surface area contributed by atoms with Crippen molar-refractivity contribution in [2.75, 3.05) is 13.4 Å². The number of rotatable bonds is 3. The molecule has 0 saturated heterocycles. The maximum absolute atomic E-state index is 12.3. The number of esters is 1. The molecule has 25 heavy (non-hydrogen) atoms. The number of carbonyl (C=O) groups is 1. The summed E-state index contributed by atoms with van der Waals surface area (Å²) in [6.07, 6.45) is 8.10. The van der Waals surface area contributed by atoms with Crippen LogP contribution in [0.1, 0.15) is 15.9 Å². The number of sulfone groups is 1. The normalized spacial score (nSPS) is 11.2. The van der Waals surface area contributed by atoms with Gasteiger partial charge in [0, 0.05) is 11.8 Å². The number of para-hydroxylation sites is 2. The summed E-state index contributed by atoms with van der Waals surface area (Å²) in [4.78, 5) is 16.2. The molecule has 0 amide bonds. The fourth-order valence-electron chi connectivity index (χ4n) is 2.60. The van der Waals surface area contributed by atoms with Crippen molar-refractivity contribution < 1.29 is 17.9 Å². The second-order valence-corrected chi connectivity index (χ2v) is 7.36. The van der Waals surface area contributed by atoms with Crippen molar-refractivity contribution in [3.05, 3.63) is 53.9 Å². The summed E-state index contributed by atoms with van der Waals surface area (Å²) >= 11 is 0. The highest BCUT2D eigenvalue weighted by atomic mass is 32.2. The highest BCUT2D eigenvalue weighted by molar-refractivity contribution is 7.90. The zero-order valence-electron chi connectivity index (χ0n) is 13.6. The van der Waals surface area contributed by atoms with Crippen molar-refractivity contribution in [2.45, 2.75) is 4.90 Å². The second kappa shape index (κ2) is 6.07. The second-order valence-electron chi connectivity index (χ2n) is 5.38. The summed E-state index contributed by atoms with van der Waals surface area (Å²) in [5.41, 5.74) is 2.03. The zero-order chi connectivity index (χ0) is 18.2. The van der Waals surface area contributed by atoms with Crippen LogP contribution in [0.25, 0.3) is 16.7 Å². The Hall–Kier alpha value is -3.11. The number of terminal acetylenes is 1. The molecule has 0 fully saturated rings. The van der Waals surface area contributed by atoms with E-state index in [-0.39, 0.29) is 16.0 Å². The van der Waals surface area contributed by atoms with Crippen LogP contribution in [0.15, 0.2) is 47.6 Å². The molecule has 0 radical (unpaired) electrons. The average molecular weight is 354 g/mol. The first-order valence-electron chi connectivity index (χ1n) is 7.22. The van der Waals surface area contributed by atoms with Gasteiger partial charge in [0.15, 0.2) is 9.84 Å². The lowest BCUT2D eigenvalue weighted by Gasteiger charge is -2.13. The number of fused-ring (bicyclic) bond motifs is 1. The number of hydrogen-bond acceptors (Lipinski definition) is 5. The van der Waals surface area contributed by atoms with Crippen molar-refractivity contribution in [3.63, 3.8) is 0 Å². The Morgan fingerprint density at radius 1 is 1.28 bits per heavy atom. The van der Waals surface area contributed by atoms with E-state index in [0.29, 0.717) is 11.2 Å². The summed E-state index contributed by atoms with van der Waals surface area (Å²) in [6, 6.07) is 10.0. The maximum atomic E-state index is 12.3. The van der Waals surface area contributed by atoms with Crippen molar-refractivity contribution in [1.82, 2.24) is 9.55 Å². The van der Waals surface area contributed by atoms with Gasteiger partial charge in [0.05, 0.1) is 34.3 Å². The van der Waals surface area contributed by atoms with Gasteiger partial charge in [0.2, 0.25) is 0 Å². The monoisotopic (exact) mass is 354 g/mol. The van der Waals surface area contributed by atoms with E-state index in [1.807, 2.05) is 24.3 Å². The van der Waals surface area contributed by atoms with Crippen LogP contribution in [0.4, 0.5) is 0 Å². The number of nitrogens with zero attached hydrogens (tertiary/aromatic N) is 2. The molecule has 0 saturated carbocycles. The maximum Gasteiger partial charge on any atom is 0.339 e. The van der Waals surface area contributed by atoms with Crippen LogP contribution in [0.3, 0.4) is 0 Å². The van der Waals surface area contributed by atoms with E-state index >= 15 is 0 Å². The van der Waals surface area contributed by atoms with Crippen molar-refractivity contribution in [3.8, 4) is 18.0 Å². The Balaban J connectivity index is 2.40. The van der Waals surface area contributed by atoms with E-state index in [0.717, 1.165) is 11.8 Å². The summed E-state index contributed by atoms with van der Waals surface area (Å²) in [5.74, 6) is 1.72. The molecule has 0 bridgehead atoms. The highest BCUT2D eigenvalue weighted by Crippen LogP contribution is 2.28. The third-order valence-electron chi connectivity index (χ3n) is 3.77. The quantitative estimate of drug-likeness (QED) is 0.532. The molecule has 3 aromatic rings. The van der Waals surface area contributed by atoms with Crippen molar-refractivity contribution >= 4 is 26.8 Å². The molecule has 2 aromatic carbocycles. The Morgan fingerprint density at radius 3 is 2.64 bits per heavy atom. The predicted molar refractivity (Wildman–Crippen MR) is 93.5 cm³/mol. The molecule has 6 nitrogen and oxygen atoms in total. The molecule has 1 heterocycles. The average Bonchev–Trinajstić information content (AvgIpc) is 3.03. The lowest BCUT2D eigenvalue weighted by Crippen LogP contribution is -2.11. The first kappa shape index (κ1) is 16.7. The van der Waals surface area contributed by atoms with Crippen LogP contribution in [0.5, 0.6) is 0 Å². The first-order chi connectivity index (χ1) is 11.9. The number of ether oxygens (including phenoxy) is 1. The van der Waals surface area contributed by atoms with Gasteiger partial charge in [-0.15, -0.1) is 6.42 Å². The smallest absolute Gasteiger partial charge is 0.339 e. The van der Waals surface area contributed by atoms with E-state index in [1.165, 1.54) is 25.6 Å². The molecule has 0 atom stereocenters. The van der Waals surface area contributed by atoms with E-state index in [4.69, 9.17) is 11.2 Å². The Labute approximate surface area is 145 Å². The Kier molecular flexibility index (Phi) is 4.07. The van der Waals surface area contributed by atoms with Crippen LogP contribution < -0.4 is 0 Å². The van der Waals surface area contributed by atoms with Gasteiger partial charge in [-0.3, -0.25) is 4.57 Å². The fraction of sp³-hybridized carbons (Fsp3) is 0.111. The number of aromatic nitrogens is 2. The van der Waals surface area contributed by atoms with E-state index in [9.17, 15) is 13.2 Å². The van der Waals surface area contributed by atoms with Gasteiger partial charge in [0.25, 0.3) is 0 Å².